The highest BCUT2D eigenvalue weighted by Crippen LogP contribution is 2.39. The molecule has 0 aliphatic rings. The maximum Gasteiger partial charge on any atom is 0.203 e. The van der Waals surface area contributed by atoms with Crippen LogP contribution in [0.5, 0.6) is 17.2 Å². The molecule has 1 aromatic heterocycles. The molecule has 2 aromatic rings. The van der Waals surface area contributed by atoms with Gasteiger partial charge >= 0.3 is 0 Å². The number of ether oxygens (including phenoxy) is 3. The average molecular weight is 294 g/mol. The van der Waals surface area contributed by atoms with Crippen molar-refractivity contribution < 1.29 is 14.2 Å². The Kier molecular flexibility index (Phi) is 4.68. The average Bonchev–Trinajstić information content (AvgIpc) is 2.89. The molecule has 0 aliphatic heterocycles. The smallest absolute Gasteiger partial charge is 0.203 e. The van der Waals surface area contributed by atoms with Crippen LogP contribution in [0, 0.1) is 6.92 Å². The van der Waals surface area contributed by atoms with E-state index in [0.717, 1.165) is 16.4 Å². The lowest BCUT2D eigenvalue weighted by Gasteiger charge is -2.14. The van der Waals surface area contributed by atoms with E-state index in [9.17, 15) is 0 Å². The lowest BCUT2D eigenvalue weighted by Crippen LogP contribution is -2.02. The van der Waals surface area contributed by atoms with Crippen LogP contribution in [-0.2, 0) is 6.54 Å². The molecule has 1 aromatic carbocycles. The van der Waals surface area contributed by atoms with Gasteiger partial charge in [-0.25, -0.2) is 4.98 Å². The van der Waals surface area contributed by atoms with Gasteiger partial charge in [-0.15, -0.1) is 11.3 Å². The summed E-state index contributed by atoms with van der Waals surface area (Å²) in [6.07, 6.45) is 0. The van der Waals surface area contributed by atoms with Gasteiger partial charge in [-0.2, -0.15) is 0 Å². The molecule has 0 aliphatic carbocycles. The van der Waals surface area contributed by atoms with E-state index in [1.165, 1.54) is 0 Å². The summed E-state index contributed by atoms with van der Waals surface area (Å²) in [5.41, 5.74) is 1.91. The van der Waals surface area contributed by atoms with Crippen LogP contribution in [0.4, 0.5) is 5.69 Å². The molecule has 0 fully saturated rings. The molecule has 108 valence electrons. The van der Waals surface area contributed by atoms with Crippen molar-refractivity contribution in [3.8, 4) is 17.2 Å². The van der Waals surface area contributed by atoms with Gasteiger partial charge in [0, 0.05) is 23.2 Å². The highest BCUT2D eigenvalue weighted by molar-refractivity contribution is 7.09. The molecule has 0 atom stereocenters. The molecule has 2 rings (SSSR count). The molecule has 1 heterocycles. The Bertz CT molecular complexity index is 559. The van der Waals surface area contributed by atoms with E-state index >= 15 is 0 Å². The van der Waals surface area contributed by atoms with Crippen molar-refractivity contribution in [3.05, 3.63) is 28.2 Å². The Labute approximate surface area is 122 Å². The minimum atomic E-state index is 0.588. The van der Waals surface area contributed by atoms with E-state index in [-0.39, 0.29) is 0 Å². The number of aromatic nitrogens is 1. The number of hydrogen-bond acceptors (Lipinski definition) is 6. The molecule has 0 unspecified atom stereocenters. The largest absolute Gasteiger partial charge is 0.493 e. The minimum absolute atomic E-state index is 0.588. The van der Waals surface area contributed by atoms with E-state index in [4.69, 9.17) is 14.2 Å². The number of methoxy groups -OCH3 is 3. The number of anilines is 1. The first kappa shape index (κ1) is 14.5. The van der Waals surface area contributed by atoms with E-state index in [0.29, 0.717) is 23.8 Å². The highest BCUT2D eigenvalue weighted by atomic mass is 32.1. The van der Waals surface area contributed by atoms with Crippen LogP contribution in [0.2, 0.25) is 0 Å². The van der Waals surface area contributed by atoms with Crippen molar-refractivity contribution in [1.82, 2.24) is 4.98 Å². The quantitative estimate of drug-likeness (QED) is 0.887. The number of nitrogens with one attached hydrogen (secondary N) is 1. The van der Waals surface area contributed by atoms with Crippen LogP contribution in [-0.4, -0.2) is 26.3 Å². The van der Waals surface area contributed by atoms with E-state index in [1.54, 1.807) is 32.7 Å². The molecular weight excluding hydrogens is 276 g/mol. The predicted octanol–water partition coefficient (Wildman–Crippen LogP) is 3.09. The number of aryl methyl sites for hydroxylation is 1. The third-order valence-electron chi connectivity index (χ3n) is 2.80. The lowest BCUT2D eigenvalue weighted by molar-refractivity contribution is 0.324. The van der Waals surface area contributed by atoms with Crippen LogP contribution >= 0.6 is 11.3 Å². The maximum absolute atomic E-state index is 5.32. The van der Waals surface area contributed by atoms with Gasteiger partial charge in [0.25, 0.3) is 0 Å². The predicted molar refractivity (Wildman–Crippen MR) is 80.3 cm³/mol. The van der Waals surface area contributed by atoms with Crippen molar-refractivity contribution in [1.29, 1.82) is 0 Å². The fraction of sp³-hybridized carbons (Fsp3) is 0.357. The van der Waals surface area contributed by atoms with Gasteiger partial charge in [0.2, 0.25) is 5.75 Å². The normalized spacial score (nSPS) is 10.2. The highest BCUT2D eigenvalue weighted by Gasteiger charge is 2.13. The molecule has 0 radical (unpaired) electrons. The number of nitrogens with zero attached hydrogens (tertiary/aromatic N) is 1. The Morgan fingerprint density at radius 2 is 1.75 bits per heavy atom. The summed E-state index contributed by atoms with van der Waals surface area (Å²) in [5, 5.41) is 6.41. The van der Waals surface area contributed by atoms with Gasteiger partial charge in [-0.1, -0.05) is 0 Å². The number of benzene rings is 1. The fourth-order valence-electron chi connectivity index (χ4n) is 1.87. The summed E-state index contributed by atoms with van der Waals surface area (Å²) >= 11 is 1.64. The van der Waals surface area contributed by atoms with Crippen LogP contribution in [0.3, 0.4) is 0 Å². The summed E-state index contributed by atoms with van der Waals surface area (Å²) < 4.78 is 15.9. The van der Waals surface area contributed by atoms with Crippen molar-refractivity contribution in [2.75, 3.05) is 26.6 Å². The number of thiazole rings is 1. The summed E-state index contributed by atoms with van der Waals surface area (Å²) in [6, 6.07) is 3.75. The maximum atomic E-state index is 5.32. The topological polar surface area (TPSA) is 52.6 Å². The Hall–Kier alpha value is -1.95. The first-order chi connectivity index (χ1) is 9.67. The number of hydrogen-bond donors (Lipinski definition) is 1. The Morgan fingerprint density at radius 3 is 2.20 bits per heavy atom. The third-order valence-corrected chi connectivity index (χ3v) is 3.63. The van der Waals surface area contributed by atoms with Crippen molar-refractivity contribution in [3.63, 3.8) is 0 Å². The zero-order valence-electron chi connectivity index (χ0n) is 12.0. The first-order valence-electron chi connectivity index (χ1n) is 6.12. The van der Waals surface area contributed by atoms with E-state index < -0.39 is 0 Å². The molecule has 0 saturated heterocycles. The number of rotatable bonds is 6. The molecule has 0 bridgehead atoms. The molecule has 20 heavy (non-hydrogen) atoms. The zero-order chi connectivity index (χ0) is 14.5. The van der Waals surface area contributed by atoms with Crippen LogP contribution in [0.1, 0.15) is 10.7 Å². The van der Waals surface area contributed by atoms with Gasteiger partial charge in [-0.3, -0.25) is 0 Å². The van der Waals surface area contributed by atoms with Crippen molar-refractivity contribution >= 4 is 17.0 Å². The fourth-order valence-corrected chi connectivity index (χ4v) is 2.48. The van der Waals surface area contributed by atoms with E-state index in [1.807, 2.05) is 24.4 Å². The molecule has 0 spiro atoms. The summed E-state index contributed by atoms with van der Waals surface area (Å²) in [7, 11) is 4.79. The summed E-state index contributed by atoms with van der Waals surface area (Å²) in [5.74, 6) is 1.85. The van der Waals surface area contributed by atoms with Gasteiger partial charge in [0.15, 0.2) is 11.5 Å². The molecule has 6 heteroatoms. The Morgan fingerprint density at radius 1 is 1.10 bits per heavy atom. The third kappa shape index (κ3) is 3.14. The molecule has 0 amide bonds. The minimum Gasteiger partial charge on any atom is -0.493 e. The van der Waals surface area contributed by atoms with Crippen molar-refractivity contribution in [2.24, 2.45) is 0 Å². The lowest BCUT2D eigenvalue weighted by atomic mass is 10.2. The second-order valence-corrected chi connectivity index (χ2v) is 5.19. The SMILES string of the molecule is COc1cc(NCc2csc(C)n2)cc(OC)c1OC. The summed E-state index contributed by atoms with van der Waals surface area (Å²) in [6.45, 7) is 2.65. The zero-order valence-corrected chi connectivity index (χ0v) is 12.8. The van der Waals surface area contributed by atoms with Gasteiger partial charge in [0.1, 0.15) is 0 Å². The first-order valence-corrected chi connectivity index (χ1v) is 7.00. The van der Waals surface area contributed by atoms with Gasteiger partial charge in [-0.05, 0) is 6.92 Å². The monoisotopic (exact) mass is 294 g/mol. The molecular formula is C14H18N2O3S. The molecule has 5 nitrogen and oxygen atoms in total. The standard InChI is InChI=1S/C14H18N2O3S/c1-9-16-11(8-20-9)7-15-10-5-12(17-2)14(19-4)13(6-10)18-3/h5-6,8,15H,7H2,1-4H3. The molecule has 1 N–H and O–H groups in total. The molecule has 0 saturated carbocycles. The van der Waals surface area contributed by atoms with Crippen molar-refractivity contribution in [2.45, 2.75) is 13.5 Å². The Balaban J connectivity index is 2.19. The summed E-state index contributed by atoms with van der Waals surface area (Å²) in [4.78, 5) is 4.41. The van der Waals surface area contributed by atoms with Crippen LogP contribution in [0.15, 0.2) is 17.5 Å². The van der Waals surface area contributed by atoms with Crippen LogP contribution < -0.4 is 19.5 Å². The van der Waals surface area contributed by atoms with Crippen LogP contribution in [0.25, 0.3) is 0 Å². The second kappa shape index (κ2) is 6.47. The van der Waals surface area contributed by atoms with Gasteiger partial charge < -0.3 is 19.5 Å². The van der Waals surface area contributed by atoms with E-state index in [2.05, 4.69) is 10.3 Å². The van der Waals surface area contributed by atoms with Gasteiger partial charge in [0.05, 0.1) is 38.6 Å². The second-order valence-electron chi connectivity index (χ2n) is 4.13.